The monoisotopic (exact) mass is 1530 g/mol. The molecule has 0 aliphatic heterocycles. The number of rotatable bonds is 39. The number of benzene rings is 8. The Hall–Kier alpha value is -10.1. The lowest BCUT2D eigenvalue weighted by Crippen LogP contribution is -2.15. The molecule has 18 nitrogen and oxygen atoms in total. The Labute approximate surface area is 666 Å². The van der Waals surface area contributed by atoms with E-state index in [1.165, 1.54) is 0 Å². The van der Waals surface area contributed by atoms with Gasteiger partial charge in [0.2, 0.25) is 11.8 Å². The normalized spacial score (nSPS) is 12.4. The van der Waals surface area contributed by atoms with Gasteiger partial charge in [-0.3, -0.25) is 9.59 Å². The molecule has 0 heterocycles. The summed E-state index contributed by atoms with van der Waals surface area (Å²) in [6.45, 7) is 21.3. The van der Waals surface area contributed by atoms with Crippen LogP contribution >= 0.6 is 0 Å². The molecule has 14 N–H and O–H groups in total. The van der Waals surface area contributed by atoms with Crippen molar-refractivity contribution >= 4 is 57.3 Å². The Morgan fingerprint density at radius 2 is 0.366 bits per heavy atom. The minimum Gasteiger partial charge on any atom is -0.493 e. The van der Waals surface area contributed by atoms with Crippen LogP contribution in [0.5, 0.6) is 46.0 Å². The van der Waals surface area contributed by atoms with Crippen molar-refractivity contribution in [2.75, 3.05) is 97.9 Å². The first kappa shape index (κ1) is 84.4. The highest BCUT2D eigenvalue weighted by Crippen LogP contribution is 2.46. The number of anilines is 8. The number of unbranched alkanes of at least 4 members (excludes halogenated alkanes) is 9. The van der Waals surface area contributed by atoms with Gasteiger partial charge in [0.05, 0.1) is 52.9 Å². The summed E-state index contributed by atoms with van der Waals surface area (Å²) in [5, 5.41) is 6.64. The van der Waals surface area contributed by atoms with E-state index in [1.54, 1.807) is 0 Å². The fraction of sp³-hybridized carbons (Fsp3) is 0.468. The highest BCUT2D eigenvalue weighted by Gasteiger charge is 2.29. The number of amides is 2. The van der Waals surface area contributed by atoms with Gasteiger partial charge in [-0.2, -0.15) is 0 Å². The fourth-order valence-corrected chi connectivity index (χ4v) is 15.1. The fourth-order valence-electron chi connectivity index (χ4n) is 15.1. The van der Waals surface area contributed by atoms with Gasteiger partial charge in [-0.05, 0) is 161 Å². The number of carbonyl (C=O) groups is 2. The summed E-state index contributed by atoms with van der Waals surface area (Å²) >= 11 is 0. The summed E-state index contributed by atoms with van der Waals surface area (Å²) in [4.78, 5) is 29.3. The number of fused-ring (bicyclic) bond motifs is 16. The average Bonchev–Trinajstić information content (AvgIpc) is 0.780. The minimum absolute atomic E-state index is 0.155. The summed E-state index contributed by atoms with van der Waals surface area (Å²) in [6, 6.07) is 32.2. The first-order chi connectivity index (χ1) is 54.4. The zero-order valence-corrected chi connectivity index (χ0v) is 68.2. The third-order valence-corrected chi connectivity index (χ3v) is 20.7. The van der Waals surface area contributed by atoms with Crippen LogP contribution in [0, 0.1) is 0 Å². The Balaban J connectivity index is 0.993. The average molecular weight is 1530 g/mol. The van der Waals surface area contributed by atoms with E-state index in [1.807, 2.05) is 97.1 Å². The number of hydrogen-bond donors (Lipinski definition) is 8. The summed E-state index contributed by atoms with van der Waals surface area (Å²) in [7, 11) is 0. The maximum absolute atomic E-state index is 14.7. The molecule has 0 fully saturated rings. The van der Waals surface area contributed by atoms with E-state index in [9.17, 15) is 9.59 Å². The largest absolute Gasteiger partial charge is 0.493 e. The first-order valence-electron chi connectivity index (χ1n) is 41.8. The van der Waals surface area contributed by atoms with Crippen LogP contribution < -0.4 is 82.9 Å². The van der Waals surface area contributed by atoms with Crippen LogP contribution in [0.15, 0.2) is 97.1 Å². The number of carbonyl (C=O) groups excluding carboxylic acids is 2. The Bertz CT molecular complexity index is 3970. The maximum atomic E-state index is 14.7. The molecule has 0 saturated carbocycles. The van der Waals surface area contributed by atoms with E-state index in [2.05, 4.69) is 66.0 Å². The molecule has 0 radical (unpaired) electrons. The quantitative estimate of drug-likeness (QED) is 0.0131. The third-order valence-electron chi connectivity index (χ3n) is 20.7. The number of nitrogen functional groups attached to an aromatic ring is 6. The van der Waals surface area contributed by atoms with E-state index in [4.69, 9.17) is 72.3 Å². The third kappa shape index (κ3) is 23.3. The van der Waals surface area contributed by atoms with Crippen molar-refractivity contribution in [2.45, 2.75) is 235 Å². The van der Waals surface area contributed by atoms with Gasteiger partial charge in [-0.1, -0.05) is 107 Å². The van der Waals surface area contributed by atoms with Gasteiger partial charge in [0.1, 0.15) is 46.0 Å². The second kappa shape index (κ2) is 42.5. The van der Waals surface area contributed by atoms with Crippen LogP contribution in [0.2, 0.25) is 0 Å². The zero-order valence-electron chi connectivity index (χ0n) is 68.2. The molecule has 0 aromatic heterocycles. The number of hydrogen-bond acceptors (Lipinski definition) is 16. The molecule has 2 aliphatic carbocycles. The van der Waals surface area contributed by atoms with Crippen molar-refractivity contribution in [2.24, 2.45) is 0 Å². The summed E-state index contributed by atoms with van der Waals surface area (Å²) in [5.74, 6) is 5.60. The van der Waals surface area contributed by atoms with Gasteiger partial charge in [-0.25, -0.2) is 0 Å². The van der Waals surface area contributed by atoms with E-state index < -0.39 is 0 Å². The van der Waals surface area contributed by atoms with Crippen LogP contribution in [-0.2, 0) is 61.0 Å². The molecule has 0 spiro atoms. The maximum Gasteiger partial charge on any atom is 0.224 e. The van der Waals surface area contributed by atoms with Crippen LogP contribution in [0.25, 0.3) is 0 Å². The van der Waals surface area contributed by atoms with Gasteiger partial charge >= 0.3 is 0 Å². The molecule has 16 bridgehead atoms. The molecule has 2 aliphatic rings. The Morgan fingerprint density at radius 1 is 0.232 bits per heavy atom. The molecule has 112 heavy (non-hydrogen) atoms. The molecule has 0 atom stereocenters. The molecular weight excluding hydrogens is 1400 g/mol. The van der Waals surface area contributed by atoms with Crippen LogP contribution in [0.1, 0.15) is 273 Å². The SMILES string of the molecule is CCCCOc1c2cc(N)cc1Cc1cc(N)cc(c1OCCCC)Cc1cc(NC(=O)CCCCC(=O)Nc3cc4c(OCCCC)c(c3)Cc3cc(N)cc(c3OCCCC)Cc3cc(N)cc(c3OCCCC)Cc3cc(N)cc(c3OCCCC)C4)cc(c1OCCCC)Cc1cc(N)cc(c1OCCCC)C2. The zero-order chi connectivity index (χ0) is 79.5. The van der Waals surface area contributed by atoms with E-state index in [0.29, 0.717) is 163 Å². The van der Waals surface area contributed by atoms with Crippen molar-refractivity contribution < 1.29 is 47.5 Å². The molecule has 0 saturated heterocycles. The van der Waals surface area contributed by atoms with E-state index in [-0.39, 0.29) is 24.7 Å². The lowest BCUT2D eigenvalue weighted by Gasteiger charge is -2.24. The molecule has 10 rings (SSSR count). The smallest absolute Gasteiger partial charge is 0.224 e. The van der Waals surface area contributed by atoms with Crippen molar-refractivity contribution in [3.05, 3.63) is 186 Å². The molecular formula is C94H126N8O10. The van der Waals surface area contributed by atoms with E-state index >= 15 is 0 Å². The van der Waals surface area contributed by atoms with Gasteiger partial charge in [0.25, 0.3) is 0 Å². The van der Waals surface area contributed by atoms with Gasteiger partial charge in [0.15, 0.2) is 0 Å². The van der Waals surface area contributed by atoms with Crippen LogP contribution in [0.3, 0.4) is 0 Å². The first-order valence-corrected chi connectivity index (χ1v) is 41.8. The second-order valence-corrected chi connectivity index (χ2v) is 30.6. The Kier molecular flexibility index (Phi) is 32.0. The second-order valence-electron chi connectivity index (χ2n) is 30.6. The molecule has 602 valence electrons. The molecule has 2 amide bonds. The van der Waals surface area contributed by atoms with Crippen LogP contribution in [0.4, 0.5) is 45.5 Å². The molecule has 0 unspecified atom stereocenters. The minimum atomic E-state index is -0.191. The van der Waals surface area contributed by atoms with Gasteiger partial charge < -0.3 is 82.9 Å². The van der Waals surface area contributed by atoms with Gasteiger partial charge in [0, 0.05) is 199 Å². The van der Waals surface area contributed by atoms with Gasteiger partial charge in [-0.15, -0.1) is 0 Å². The number of ether oxygens (including phenoxy) is 8. The summed E-state index contributed by atoms with van der Waals surface area (Å²) in [6.07, 6.45) is 18.8. The highest BCUT2D eigenvalue weighted by atomic mass is 16.5. The predicted molar refractivity (Wildman–Crippen MR) is 459 cm³/mol. The van der Waals surface area contributed by atoms with Crippen LogP contribution in [-0.4, -0.2) is 64.7 Å². The summed E-state index contributed by atoms with van der Waals surface area (Å²) < 4.78 is 55.2. The molecule has 8 aromatic rings. The number of nitrogens with one attached hydrogen (secondary N) is 2. The lowest BCUT2D eigenvalue weighted by molar-refractivity contribution is -0.118. The summed E-state index contributed by atoms with van der Waals surface area (Å²) in [5.41, 5.74) is 60.7. The van der Waals surface area contributed by atoms with Crippen molar-refractivity contribution in [1.29, 1.82) is 0 Å². The Morgan fingerprint density at radius 3 is 0.500 bits per heavy atom. The van der Waals surface area contributed by atoms with Crippen molar-refractivity contribution in [3.8, 4) is 46.0 Å². The highest BCUT2D eigenvalue weighted by molar-refractivity contribution is 5.92. The van der Waals surface area contributed by atoms with E-state index in [0.717, 1.165) is 238 Å². The standard InChI is InChI=1S/C94H126N8O10/c1-9-17-29-105-87-61-37-65-49-79(97)53-69(89(65)107-31-19-11-3)41-73-57-83(58-74(93(73)111-35-23-15-7)42-70-54-80(98)50-66(90(70)108-32-20-12-4)38-62(87)46-77(95)45-61)101-85(103)27-25-26-28-86(104)102-84-59-75-43-71-55-81(99)51-67(91(71)109-33-21-13-5)39-63-47-78(96)48-64(88(63)106-30-18-10-2)40-68-52-82(100)56-72(92(68)110-34-22-14-6)44-76(60-84)94(75)112-36-24-16-8/h45-60H,9-44,95-100H2,1-8H3,(H,101,103)(H,102,104). The van der Waals surface area contributed by atoms with Crippen molar-refractivity contribution in [3.63, 3.8) is 0 Å². The lowest BCUT2D eigenvalue weighted by atomic mass is 9.90. The number of nitrogens with two attached hydrogens (primary N) is 6. The van der Waals surface area contributed by atoms with Crippen molar-refractivity contribution in [1.82, 2.24) is 0 Å². The molecule has 18 heteroatoms. The topological polar surface area (TPSA) is 288 Å². The molecule has 8 aromatic carbocycles. The predicted octanol–water partition coefficient (Wildman–Crippen LogP) is 20.1.